The van der Waals surface area contributed by atoms with E-state index in [0.29, 0.717) is 28.4 Å². The summed E-state index contributed by atoms with van der Waals surface area (Å²) in [6.45, 7) is 0.265. The first kappa shape index (κ1) is 20.5. The van der Waals surface area contributed by atoms with E-state index in [4.69, 9.17) is 13.9 Å². The summed E-state index contributed by atoms with van der Waals surface area (Å²) in [6.07, 6.45) is 1.57. The molecule has 7 nitrogen and oxygen atoms in total. The van der Waals surface area contributed by atoms with Gasteiger partial charge in [0.15, 0.2) is 11.5 Å². The number of hydrogen-bond acceptors (Lipinski definition) is 5. The lowest BCUT2D eigenvalue weighted by molar-refractivity contribution is -0.124. The van der Waals surface area contributed by atoms with Gasteiger partial charge in [-0.1, -0.05) is 24.3 Å². The van der Waals surface area contributed by atoms with Gasteiger partial charge in [-0.2, -0.15) is 0 Å². The van der Waals surface area contributed by atoms with Crippen molar-refractivity contribution in [3.63, 3.8) is 0 Å². The highest BCUT2D eigenvalue weighted by molar-refractivity contribution is 6.01. The number of carbonyl (C=O) groups is 2. The average molecular weight is 420 g/mol. The highest BCUT2D eigenvalue weighted by Gasteiger charge is 2.42. The Morgan fingerprint density at radius 2 is 1.84 bits per heavy atom. The Labute approximate surface area is 180 Å². The number of hydrogen-bond donors (Lipinski definition) is 1. The molecule has 2 unspecified atom stereocenters. The molecule has 0 fully saturated rings. The molecule has 3 aromatic rings. The molecule has 2 aromatic carbocycles. The van der Waals surface area contributed by atoms with Gasteiger partial charge in [0.2, 0.25) is 5.91 Å². The van der Waals surface area contributed by atoms with E-state index in [1.54, 1.807) is 62.8 Å². The van der Waals surface area contributed by atoms with Crippen LogP contribution in [0.2, 0.25) is 0 Å². The van der Waals surface area contributed by atoms with Crippen LogP contribution in [0.25, 0.3) is 0 Å². The van der Waals surface area contributed by atoms with Crippen LogP contribution in [-0.4, -0.2) is 38.0 Å². The van der Waals surface area contributed by atoms with Gasteiger partial charge in [0, 0.05) is 12.6 Å². The van der Waals surface area contributed by atoms with E-state index in [1.165, 1.54) is 0 Å². The summed E-state index contributed by atoms with van der Waals surface area (Å²) in [5.74, 6) is 0.842. The van der Waals surface area contributed by atoms with Crippen LogP contribution in [0.4, 0.5) is 0 Å². The SMILES string of the molecule is COc1ccc(C2C(C(=O)NCc3ccco3)c3ccccc3C(=O)N2C)cc1OC. The zero-order chi connectivity index (χ0) is 22.0. The number of benzene rings is 2. The molecule has 0 aliphatic carbocycles. The summed E-state index contributed by atoms with van der Waals surface area (Å²) in [5, 5.41) is 2.96. The van der Waals surface area contributed by atoms with Crippen LogP contribution in [0, 0.1) is 0 Å². The number of fused-ring (bicyclic) bond motifs is 1. The number of ether oxygens (including phenoxy) is 2. The second kappa shape index (κ2) is 8.55. The highest BCUT2D eigenvalue weighted by Crippen LogP contribution is 2.43. The third-order valence-electron chi connectivity index (χ3n) is 5.63. The minimum atomic E-state index is -0.605. The van der Waals surface area contributed by atoms with Gasteiger partial charge in [-0.15, -0.1) is 0 Å². The highest BCUT2D eigenvalue weighted by atomic mass is 16.5. The predicted molar refractivity (Wildman–Crippen MR) is 114 cm³/mol. The molecule has 0 bridgehead atoms. The van der Waals surface area contributed by atoms with Crippen molar-refractivity contribution in [2.45, 2.75) is 18.5 Å². The molecule has 160 valence electrons. The van der Waals surface area contributed by atoms with E-state index >= 15 is 0 Å². The lowest BCUT2D eigenvalue weighted by Crippen LogP contribution is -2.45. The summed E-state index contributed by atoms with van der Waals surface area (Å²) >= 11 is 0. The van der Waals surface area contributed by atoms with E-state index in [2.05, 4.69) is 5.32 Å². The summed E-state index contributed by atoms with van der Waals surface area (Å²) in [4.78, 5) is 28.1. The Hall–Kier alpha value is -3.74. The van der Waals surface area contributed by atoms with Gasteiger partial charge in [-0.3, -0.25) is 9.59 Å². The molecule has 0 spiro atoms. The number of nitrogens with one attached hydrogen (secondary N) is 1. The zero-order valence-corrected chi connectivity index (χ0v) is 17.6. The van der Waals surface area contributed by atoms with E-state index in [1.807, 2.05) is 24.3 Å². The third kappa shape index (κ3) is 3.74. The molecule has 1 aromatic heterocycles. The molecule has 1 aliphatic rings. The first-order valence-electron chi connectivity index (χ1n) is 9.93. The fraction of sp³-hybridized carbons (Fsp3) is 0.250. The smallest absolute Gasteiger partial charge is 0.254 e. The number of carbonyl (C=O) groups excluding carboxylic acids is 2. The van der Waals surface area contributed by atoms with Crippen LogP contribution in [0.1, 0.15) is 39.2 Å². The number of rotatable bonds is 6. The van der Waals surface area contributed by atoms with Crippen molar-refractivity contribution in [2.75, 3.05) is 21.3 Å². The van der Waals surface area contributed by atoms with Crippen molar-refractivity contribution < 1.29 is 23.5 Å². The van der Waals surface area contributed by atoms with Crippen LogP contribution in [0.5, 0.6) is 11.5 Å². The fourth-order valence-electron chi connectivity index (χ4n) is 4.11. The van der Waals surface area contributed by atoms with Crippen LogP contribution in [-0.2, 0) is 11.3 Å². The average Bonchev–Trinajstić information content (AvgIpc) is 3.33. The Balaban J connectivity index is 1.77. The van der Waals surface area contributed by atoms with Crippen molar-refractivity contribution >= 4 is 11.8 Å². The van der Waals surface area contributed by atoms with Gasteiger partial charge in [0.1, 0.15) is 5.76 Å². The van der Waals surface area contributed by atoms with Crippen LogP contribution in [0.15, 0.2) is 65.3 Å². The van der Waals surface area contributed by atoms with E-state index in [0.717, 1.165) is 5.56 Å². The normalized spacial score (nSPS) is 17.8. The lowest BCUT2D eigenvalue weighted by atomic mass is 9.79. The quantitative estimate of drug-likeness (QED) is 0.660. The van der Waals surface area contributed by atoms with Gasteiger partial charge in [0.05, 0.1) is 39.0 Å². The van der Waals surface area contributed by atoms with Gasteiger partial charge >= 0.3 is 0 Å². The van der Waals surface area contributed by atoms with E-state index in [-0.39, 0.29) is 18.4 Å². The first-order chi connectivity index (χ1) is 15.0. The fourth-order valence-corrected chi connectivity index (χ4v) is 4.11. The van der Waals surface area contributed by atoms with E-state index < -0.39 is 12.0 Å². The van der Waals surface area contributed by atoms with Crippen molar-refractivity contribution in [2.24, 2.45) is 0 Å². The molecule has 1 aliphatic heterocycles. The van der Waals surface area contributed by atoms with Gasteiger partial charge in [-0.05, 0) is 41.5 Å². The second-order valence-electron chi connectivity index (χ2n) is 7.34. The Kier molecular flexibility index (Phi) is 5.66. The van der Waals surface area contributed by atoms with Crippen molar-refractivity contribution in [1.29, 1.82) is 0 Å². The molecule has 4 rings (SSSR count). The van der Waals surface area contributed by atoms with Crippen LogP contribution < -0.4 is 14.8 Å². The molecular weight excluding hydrogens is 396 g/mol. The number of methoxy groups -OCH3 is 2. The molecule has 0 saturated carbocycles. The number of amides is 2. The van der Waals surface area contributed by atoms with Crippen molar-refractivity contribution in [1.82, 2.24) is 10.2 Å². The molecule has 2 heterocycles. The van der Waals surface area contributed by atoms with Gasteiger partial charge in [-0.25, -0.2) is 0 Å². The molecule has 31 heavy (non-hydrogen) atoms. The Morgan fingerprint density at radius 3 is 2.55 bits per heavy atom. The maximum atomic E-state index is 13.4. The molecule has 2 amide bonds. The van der Waals surface area contributed by atoms with Gasteiger partial charge in [0.25, 0.3) is 5.91 Å². The number of likely N-dealkylation sites (N-methyl/N-ethyl adjacent to an activating group) is 1. The molecule has 1 N–H and O–H groups in total. The Morgan fingerprint density at radius 1 is 1.06 bits per heavy atom. The summed E-state index contributed by atoms with van der Waals surface area (Å²) in [6, 6.07) is 15.8. The predicted octanol–water partition coefficient (Wildman–Crippen LogP) is 3.52. The third-order valence-corrected chi connectivity index (χ3v) is 5.63. The monoisotopic (exact) mass is 420 g/mol. The standard InChI is InChI=1S/C24H24N2O5/c1-26-22(15-10-11-19(29-2)20(13-15)30-3)21(17-8-4-5-9-18(17)24(26)28)23(27)25-14-16-7-6-12-31-16/h4-13,21-22H,14H2,1-3H3,(H,25,27). The molecule has 7 heteroatoms. The van der Waals surface area contributed by atoms with Crippen molar-refractivity contribution in [3.8, 4) is 11.5 Å². The molecule has 2 atom stereocenters. The summed E-state index contributed by atoms with van der Waals surface area (Å²) in [7, 11) is 4.83. The van der Waals surface area contributed by atoms with Crippen LogP contribution >= 0.6 is 0 Å². The maximum Gasteiger partial charge on any atom is 0.254 e. The Bertz CT molecular complexity index is 1090. The lowest BCUT2D eigenvalue weighted by Gasteiger charge is -2.39. The number of furan rings is 1. The summed E-state index contributed by atoms with van der Waals surface area (Å²) < 4.78 is 16.1. The molecule has 0 radical (unpaired) electrons. The first-order valence-corrected chi connectivity index (χ1v) is 9.93. The number of nitrogens with zero attached hydrogens (tertiary/aromatic N) is 1. The van der Waals surface area contributed by atoms with E-state index in [9.17, 15) is 9.59 Å². The topological polar surface area (TPSA) is 81.0 Å². The minimum Gasteiger partial charge on any atom is -0.493 e. The molecular formula is C24H24N2O5. The minimum absolute atomic E-state index is 0.134. The largest absolute Gasteiger partial charge is 0.493 e. The maximum absolute atomic E-state index is 13.4. The second-order valence-corrected chi connectivity index (χ2v) is 7.34. The van der Waals surface area contributed by atoms with Crippen LogP contribution in [0.3, 0.4) is 0 Å². The molecule has 0 saturated heterocycles. The van der Waals surface area contributed by atoms with Gasteiger partial charge < -0.3 is 24.1 Å². The zero-order valence-electron chi connectivity index (χ0n) is 17.6. The summed E-state index contributed by atoms with van der Waals surface area (Å²) in [5.41, 5.74) is 2.00. The van der Waals surface area contributed by atoms with Crippen molar-refractivity contribution in [3.05, 3.63) is 83.3 Å².